The topological polar surface area (TPSA) is 0 Å². The minimum Gasteiger partial charge on any atom is -0.117 e. The van der Waals surface area contributed by atoms with E-state index >= 15 is 0 Å². The molecule has 2 aliphatic rings. The molecule has 2 aliphatic carbocycles. The Hall–Kier alpha value is -1.27. The van der Waals surface area contributed by atoms with Gasteiger partial charge in [0.15, 0.2) is 0 Å². The van der Waals surface area contributed by atoms with Crippen molar-refractivity contribution in [3.05, 3.63) is 70.3 Å². The number of hydrogen-bond donors (Lipinski definition) is 0. The Labute approximate surface area is 132 Å². The Morgan fingerprint density at radius 3 is 2.71 bits per heavy atom. The van der Waals surface area contributed by atoms with E-state index in [1.807, 2.05) is 0 Å². The lowest BCUT2D eigenvalue weighted by Gasteiger charge is -2.14. The Morgan fingerprint density at radius 1 is 1.10 bits per heavy atom. The van der Waals surface area contributed by atoms with E-state index in [2.05, 4.69) is 56.3 Å². The number of hydrogen-bond acceptors (Lipinski definition) is 0. The minimum absolute atomic E-state index is 0.159. The average molecular weight is 297 g/mol. The highest BCUT2D eigenvalue weighted by molar-refractivity contribution is 6.21. The smallest absolute Gasteiger partial charge is 0.0624 e. The average Bonchev–Trinajstić information content (AvgIpc) is 3.21. The molecule has 0 bridgehead atoms. The second kappa shape index (κ2) is 4.88. The number of rotatable bonds is 2. The fraction of sp³-hybridized carbons (Fsp3) is 0.400. The van der Waals surface area contributed by atoms with Gasteiger partial charge in [-0.15, -0.1) is 11.6 Å². The van der Waals surface area contributed by atoms with Gasteiger partial charge in [-0.3, -0.25) is 0 Å². The summed E-state index contributed by atoms with van der Waals surface area (Å²) in [6.45, 7) is 4.34. The third-order valence-electron chi connectivity index (χ3n) is 5.45. The van der Waals surface area contributed by atoms with Gasteiger partial charge >= 0.3 is 0 Å². The zero-order valence-corrected chi connectivity index (χ0v) is 13.4. The summed E-state index contributed by atoms with van der Waals surface area (Å²) in [7, 11) is 0. The van der Waals surface area contributed by atoms with Gasteiger partial charge in [0.2, 0.25) is 0 Å². The molecule has 0 spiro atoms. The Bertz CT molecular complexity index is 688. The van der Waals surface area contributed by atoms with Gasteiger partial charge in [-0.05, 0) is 66.7 Å². The first-order valence-corrected chi connectivity index (χ1v) is 8.39. The van der Waals surface area contributed by atoms with E-state index in [4.69, 9.17) is 11.6 Å². The van der Waals surface area contributed by atoms with Crippen molar-refractivity contribution in [2.75, 3.05) is 0 Å². The van der Waals surface area contributed by atoms with Crippen molar-refractivity contribution in [3.63, 3.8) is 0 Å². The molecule has 0 nitrogen and oxygen atoms in total. The molecule has 0 N–H and O–H groups in total. The second-order valence-electron chi connectivity index (χ2n) is 6.77. The van der Waals surface area contributed by atoms with Crippen LogP contribution in [0.3, 0.4) is 0 Å². The summed E-state index contributed by atoms with van der Waals surface area (Å²) in [6.07, 6.45) is 2.53. The van der Waals surface area contributed by atoms with Gasteiger partial charge in [-0.2, -0.15) is 0 Å². The molecule has 1 fully saturated rings. The van der Waals surface area contributed by atoms with Gasteiger partial charge in [-0.25, -0.2) is 0 Å². The van der Waals surface area contributed by atoms with Crippen molar-refractivity contribution in [2.45, 2.75) is 38.0 Å². The van der Waals surface area contributed by atoms with Crippen molar-refractivity contribution in [1.82, 2.24) is 0 Å². The first-order valence-electron chi connectivity index (χ1n) is 7.96. The maximum absolute atomic E-state index is 6.90. The highest BCUT2D eigenvalue weighted by Gasteiger charge is 2.56. The van der Waals surface area contributed by atoms with Crippen molar-refractivity contribution in [1.29, 1.82) is 0 Å². The molecule has 4 rings (SSSR count). The number of halogens is 1. The zero-order chi connectivity index (χ0) is 14.6. The van der Waals surface area contributed by atoms with E-state index in [0.29, 0.717) is 11.8 Å². The summed E-state index contributed by atoms with van der Waals surface area (Å²) in [4.78, 5) is 0. The van der Waals surface area contributed by atoms with Crippen LogP contribution in [0.4, 0.5) is 0 Å². The van der Waals surface area contributed by atoms with Crippen LogP contribution in [0.2, 0.25) is 0 Å². The van der Waals surface area contributed by atoms with Crippen molar-refractivity contribution in [3.8, 4) is 0 Å². The van der Waals surface area contributed by atoms with Crippen LogP contribution in [0, 0.1) is 25.7 Å². The molecule has 0 saturated heterocycles. The van der Waals surface area contributed by atoms with Gasteiger partial charge in [0.1, 0.15) is 0 Å². The van der Waals surface area contributed by atoms with Crippen LogP contribution in [0.25, 0.3) is 0 Å². The maximum atomic E-state index is 6.90. The van der Waals surface area contributed by atoms with Crippen LogP contribution < -0.4 is 0 Å². The van der Waals surface area contributed by atoms with E-state index in [1.54, 1.807) is 11.1 Å². The molecule has 0 amide bonds. The maximum Gasteiger partial charge on any atom is 0.0624 e. The van der Waals surface area contributed by atoms with Crippen LogP contribution in [0.1, 0.15) is 45.5 Å². The van der Waals surface area contributed by atoms with E-state index in [-0.39, 0.29) is 5.38 Å². The summed E-state index contributed by atoms with van der Waals surface area (Å²) in [5.41, 5.74) is 7.10. The number of aryl methyl sites for hydroxylation is 3. The number of alkyl halides is 1. The lowest BCUT2D eigenvalue weighted by molar-refractivity contribution is 0.621. The molecular formula is C20H21Cl. The molecule has 2 aromatic carbocycles. The monoisotopic (exact) mass is 296 g/mol. The predicted octanol–water partition coefficient (Wildman–Crippen LogP) is 5.56. The molecule has 2 aromatic rings. The summed E-state index contributed by atoms with van der Waals surface area (Å²) < 4.78 is 0. The molecule has 4 unspecified atom stereocenters. The number of benzene rings is 2. The van der Waals surface area contributed by atoms with Gasteiger partial charge in [0.25, 0.3) is 0 Å². The van der Waals surface area contributed by atoms with E-state index in [1.165, 1.54) is 29.5 Å². The lowest BCUT2D eigenvalue weighted by Crippen LogP contribution is -2.00. The summed E-state index contributed by atoms with van der Waals surface area (Å²) in [5, 5.41) is 0.159. The normalized spacial score (nSPS) is 27.7. The van der Waals surface area contributed by atoms with Gasteiger partial charge in [0, 0.05) is 0 Å². The molecule has 1 saturated carbocycles. The van der Waals surface area contributed by atoms with E-state index < -0.39 is 0 Å². The Kier molecular flexibility index (Phi) is 3.11. The third-order valence-corrected chi connectivity index (χ3v) is 5.98. The highest BCUT2D eigenvalue weighted by atomic mass is 35.5. The standard InChI is InChI=1S/C20H21Cl/c1-12-7-9-15(13(2)11-12)20(21)19-17-10-8-14-5-3-4-6-16(14)18(17)19/h3-7,9,11,17-20H,8,10H2,1-2H3. The molecule has 21 heavy (non-hydrogen) atoms. The highest BCUT2D eigenvalue weighted by Crippen LogP contribution is 2.65. The van der Waals surface area contributed by atoms with Gasteiger partial charge in [0.05, 0.1) is 5.38 Å². The van der Waals surface area contributed by atoms with Crippen LogP contribution >= 0.6 is 11.6 Å². The van der Waals surface area contributed by atoms with E-state index in [9.17, 15) is 0 Å². The first kappa shape index (κ1) is 13.4. The quantitative estimate of drug-likeness (QED) is 0.637. The molecule has 0 radical (unpaired) electrons. The molecule has 0 aromatic heterocycles. The second-order valence-corrected chi connectivity index (χ2v) is 7.24. The molecular weight excluding hydrogens is 276 g/mol. The van der Waals surface area contributed by atoms with Crippen LogP contribution in [0.15, 0.2) is 42.5 Å². The predicted molar refractivity (Wildman–Crippen MR) is 89.0 cm³/mol. The summed E-state index contributed by atoms with van der Waals surface area (Å²) >= 11 is 6.90. The Balaban J connectivity index is 1.65. The number of fused-ring (bicyclic) bond motifs is 3. The largest absolute Gasteiger partial charge is 0.117 e. The summed E-state index contributed by atoms with van der Waals surface area (Å²) in [6, 6.07) is 15.6. The zero-order valence-electron chi connectivity index (χ0n) is 12.6. The first-order chi connectivity index (χ1) is 10.2. The van der Waals surface area contributed by atoms with Crippen LogP contribution in [0.5, 0.6) is 0 Å². The third kappa shape index (κ3) is 2.12. The van der Waals surface area contributed by atoms with Crippen LogP contribution in [-0.2, 0) is 6.42 Å². The lowest BCUT2D eigenvalue weighted by atomic mass is 9.92. The summed E-state index contributed by atoms with van der Waals surface area (Å²) in [5.74, 6) is 2.11. The molecule has 0 aliphatic heterocycles. The molecule has 0 heterocycles. The van der Waals surface area contributed by atoms with Crippen LogP contribution in [-0.4, -0.2) is 0 Å². The van der Waals surface area contributed by atoms with Crippen molar-refractivity contribution in [2.24, 2.45) is 11.8 Å². The van der Waals surface area contributed by atoms with Gasteiger partial charge in [-0.1, -0.05) is 48.0 Å². The minimum atomic E-state index is 0.159. The molecule has 1 heteroatoms. The fourth-order valence-electron chi connectivity index (χ4n) is 4.36. The fourth-order valence-corrected chi connectivity index (χ4v) is 4.95. The molecule has 4 atom stereocenters. The van der Waals surface area contributed by atoms with Crippen molar-refractivity contribution < 1.29 is 0 Å². The van der Waals surface area contributed by atoms with Crippen molar-refractivity contribution >= 4 is 11.6 Å². The Morgan fingerprint density at radius 2 is 1.90 bits per heavy atom. The van der Waals surface area contributed by atoms with E-state index in [0.717, 1.165) is 5.92 Å². The molecule has 108 valence electrons. The van der Waals surface area contributed by atoms with Gasteiger partial charge < -0.3 is 0 Å². The SMILES string of the molecule is Cc1ccc(C(Cl)C2C3CCc4ccccc4C32)c(C)c1.